The van der Waals surface area contributed by atoms with Gasteiger partial charge in [-0.2, -0.15) is 4.98 Å². The van der Waals surface area contributed by atoms with Crippen LogP contribution in [0.5, 0.6) is 0 Å². The predicted molar refractivity (Wildman–Crippen MR) is 259 cm³/mol. The third-order valence-electron chi connectivity index (χ3n) is 12.5. The molecule has 13 aromatic rings. The standard InChI is InChI=1S/C57H36N6/c1-5-18-38(19-6-1)53-54-55(59-56(39-20-7-2-8-21-39)62(54)43-24-11-4-12-25-43)60-57(58-53)63-50-33-31-41(36-47(50)52-44-26-14-13-17-37(44)29-34-51(52)63)40-30-32-49-46(35-40)45-27-15-16-28-48(45)61(49)42-22-9-3-10-23-42/h1-36H. The zero-order valence-electron chi connectivity index (χ0n) is 34.0. The summed E-state index contributed by atoms with van der Waals surface area (Å²) >= 11 is 0. The van der Waals surface area contributed by atoms with Crippen LogP contribution in [-0.4, -0.2) is 28.7 Å². The van der Waals surface area contributed by atoms with Crippen molar-refractivity contribution in [2.45, 2.75) is 0 Å². The van der Waals surface area contributed by atoms with Crippen LogP contribution in [0.4, 0.5) is 0 Å². The SMILES string of the molecule is c1ccc(-c2nc(-n3c4ccc(-c5ccc6c(c5)c5ccccc5n6-c5ccccc5)cc4c4c5ccccc5ccc43)nc3nc(-c4ccccc4)n(-c4ccccc4)c23)cc1. The van der Waals surface area contributed by atoms with Gasteiger partial charge >= 0.3 is 0 Å². The number of fused-ring (bicyclic) bond motifs is 9. The smallest absolute Gasteiger partial charge is 0.237 e. The highest BCUT2D eigenvalue weighted by Crippen LogP contribution is 2.41. The van der Waals surface area contributed by atoms with Gasteiger partial charge in [-0.25, -0.2) is 9.97 Å². The average Bonchev–Trinajstić information content (AvgIpc) is 4.02. The Bertz CT molecular complexity index is 3880. The second kappa shape index (κ2) is 14.0. The lowest BCUT2D eigenvalue weighted by Crippen LogP contribution is -2.05. The Labute approximate surface area is 362 Å². The number of rotatable bonds is 6. The Morgan fingerprint density at radius 3 is 1.57 bits per heavy atom. The molecule has 0 aliphatic rings. The van der Waals surface area contributed by atoms with Gasteiger partial charge < -0.3 is 4.57 Å². The number of para-hydroxylation sites is 3. The molecule has 0 saturated carbocycles. The molecule has 4 aromatic heterocycles. The molecule has 0 saturated heterocycles. The van der Waals surface area contributed by atoms with Crippen molar-refractivity contribution in [3.8, 4) is 51.1 Å². The maximum atomic E-state index is 5.55. The van der Waals surface area contributed by atoms with Gasteiger partial charge in [0.05, 0.1) is 22.1 Å². The first kappa shape index (κ1) is 35.2. The third-order valence-corrected chi connectivity index (χ3v) is 12.5. The van der Waals surface area contributed by atoms with Crippen LogP contribution < -0.4 is 0 Å². The predicted octanol–water partition coefficient (Wildman–Crippen LogP) is 14.2. The summed E-state index contributed by atoms with van der Waals surface area (Å²) in [7, 11) is 0. The molecule has 0 aliphatic carbocycles. The van der Waals surface area contributed by atoms with Crippen LogP contribution in [0, 0.1) is 0 Å². The van der Waals surface area contributed by atoms with E-state index in [1.807, 2.05) is 18.2 Å². The normalized spacial score (nSPS) is 11.8. The highest BCUT2D eigenvalue weighted by molar-refractivity contribution is 6.22. The number of benzene rings is 9. The van der Waals surface area contributed by atoms with Gasteiger partial charge in [0.2, 0.25) is 5.95 Å². The number of hydrogen-bond acceptors (Lipinski definition) is 3. The Kier molecular flexibility index (Phi) is 7.80. The van der Waals surface area contributed by atoms with Crippen LogP contribution in [0.3, 0.4) is 0 Å². The van der Waals surface area contributed by atoms with Crippen molar-refractivity contribution in [2.24, 2.45) is 0 Å². The number of nitrogens with zero attached hydrogens (tertiary/aromatic N) is 6. The van der Waals surface area contributed by atoms with Gasteiger partial charge in [0, 0.05) is 44.0 Å². The third kappa shape index (κ3) is 5.48. The molecule has 0 radical (unpaired) electrons. The van der Waals surface area contributed by atoms with E-state index in [0.717, 1.165) is 72.5 Å². The molecule has 0 aliphatic heterocycles. The van der Waals surface area contributed by atoms with E-state index >= 15 is 0 Å². The van der Waals surface area contributed by atoms with Crippen molar-refractivity contribution >= 4 is 65.5 Å². The highest BCUT2D eigenvalue weighted by atomic mass is 15.2. The van der Waals surface area contributed by atoms with E-state index in [0.29, 0.717) is 11.6 Å². The average molecular weight is 805 g/mol. The molecule has 4 heterocycles. The van der Waals surface area contributed by atoms with Crippen molar-refractivity contribution in [3.05, 3.63) is 218 Å². The van der Waals surface area contributed by atoms with Crippen LogP contribution >= 0.6 is 0 Å². The first-order chi connectivity index (χ1) is 31.3. The molecule has 294 valence electrons. The van der Waals surface area contributed by atoms with Gasteiger partial charge in [0.25, 0.3) is 0 Å². The van der Waals surface area contributed by atoms with Gasteiger partial charge in [-0.1, -0.05) is 158 Å². The molecule has 0 spiro atoms. The van der Waals surface area contributed by atoms with Crippen molar-refractivity contribution < 1.29 is 0 Å². The Morgan fingerprint density at radius 2 is 0.857 bits per heavy atom. The first-order valence-corrected chi connectivity index (χ1v) is 21.3. The maximum absolute atomic E-state index is 5.55. The summed E-state index contributed by atoms with van der Waals surface area (Å²) in [4.78, 5) is 16.3. The first-order valence-electron chi connectivity index (χ1n) is 21.3. The number of hydrogen-bond donors (Lipinski definition) is 0. The largest absolute Gasteiger partial charge is 0.309 e. The molecule has 13 rings (SSSR count). The van der Waals surface area contributed by atoms with E-state index in [2.05, 4.69) is 214 Å². The van der Waals surface area contributed by atoms with E-state index < -0.39 is 0 Å². The summed E-state index contributed by atoms with van der Waals surface area (Å²) in [6, 6.07) is 77.3. The van der Waals surface area contributed by atoms with Crippen molar-refractivity contribution in [2.75, 3.05) is 0 Å². The summed E-state index contributed by atoms with van der Waals surface area (Å²) in [5.41, 5.74) is 13.1. The Morgan fingerprint density at radius 1 is 0.317 bits per heavy atom. The minimum Gasteiger partial charge on any atom is -0.309 e. The van der Waals surface area contributed by atoms with E-state index in [-0.39, 0.29) is 0 Å². The van der Waals surface area contributed by atoms with Gasteiger partial charge in [0.1, 0.15) is 17.0 Å². The molecular formula is C57H36N6. The molecule has 9 aromatic carbocycles. The van der Waals surface area contributed by atoms with Crippen LogP contribution in [0.15, 0.2) is 218 Å². The minimum absolute atomic E-state index is 0.567. The summed E-state index contributed by atoms with van der Waals surface area (Å²) in [6.07, 6.45) is 0. The quantitative estimate of drug-likeness (QED) is 0.168. The van der Waals surface area contributed by atoms with Gasteiger partial charge in [-0.05, 0) is 82.6 Å². The molecule has 6 heteroatoms. The van der Waals surface area contributed by atoms with E-state index in [4.69, 9.17) is 15.0 Å². The van der Waals surface area contributed by atoms with Gasteiger partial charge in [0.15, 0.2) is 5.65 Å². The van der Waals surface area contributed by atoms with Crippen molar-refractivity contribution in [1.29, 1.82) is 0 Å². The fraction of sp³-hybridized carbons (Fsp3) is 0. The van der Waals surface area contributed by atoms with Crippen LogP contribution in [-0.2, 0) is 0 Å². The fourth-order valence-corrected chi connectivity index (χ4v) is 9.67. The monoisotopic (exact) mass is 804 g/mol. The lowest BCUT2D eigenvalue weighted by atomic mass is 9.99. The minimum atomic E-state index is 0.567. The van der Waals surface area contributed by atoms with Crippen LogP contribution in [0.1, 0.15) is 0 Å². The zero-order valence-corrected chi connectivity index (χ0v) is 34.0. The van der Waals surface area contributed by atoms with Gasteiger partial charge in [-0.15, -0.1) is 0 Å². The maximum Gasteiger partial charge on any atom is 0.237 e. The topological polar surface area (TPSA) is 53.5 Å². The molecule has 0 atom stereocenters. The summed E-state index contributed by atoms with van der Waals surface area (Å²) in [5.74, 6) is 1.37. The summed E-state index contributed by atoms with van der Waals surface area (Å²) in [6.45, 7) is 0. The Balaban J connectivity index is 1.08. The second-order valence-corrected chi connectivity index (χ2v) is 16.1. The van der Waals surface area contributed by atoms with Crippen LogP contribution in [0.25, 0.3) is 117 Å². The van der Waals surface area contributed by atoms with E-state index in [1.165, 1.54) is 32.6 Å². The lowest BCUT2D eigenvalue weighted by molar-refractivity contribution is 1.01. The molecule has 0 bridgehead atoms. The van der Waals surface area contributed by atoms with Crippen LogP contribution in [0.2, 0.25) is 0 Å². The molecule has 0 fully saturated rings. The fourth-order valence-electron chi connectivity index (χ4n) is 9.67. The molecule has 6 nitrogen and oxygen atoms in total. The molecule has 63 heavy (non-hydrogen) atoms. The van der Waals surface area contributed by atoms with E-state index in [1.54, 1.807) is 0 Å². The van der Waals surface area contributed by atoms with E-state index in [9.17, 15) is 0 Å². The Hall–Kier alpha value is -8.61. The number of imidazole rings is 1. The van der Waals surface area contributed by atoms with Crippen molar-refractivity contribution in [3.63, 3.8) is 0 Å². The molecule has 0 N–H and O–H groups in total. The lowest BCUT2D eigenvalue weighted by Gasteiger charge is -2.13. The molecule has 0 unspecified atom stereocenters. The number of aromatic nitrogens is 6. The van der Waals surface area contributed by atoms with Gasteiger partial charge in [-0.3, -0.25) is 9.13 Å². The molecule has 0 amide bonds. The summed E-state index contributed by atoms with van der Waals surface area (Å²) < 4.78 is 6.80. The zero-order chi connectivity index (χ0) is 41.4. The highest BCUT2D eigenvalue weighted by Gasteiger charge is 2.25. The van der Waals surface area contributed by atoms with Crippen molar-refractivity contribution in [1.82, 2.24) is 28.7 Å². The molecular weight excluding hydrogens is 769 g/mol. The summed E-state index contributed by atoms with van der Waals surface area (Å²) in [5, 5.41) is 7.11. The second-order valence-electron chi connectivity index (χ2n) is 16.1.